The number of aromatic nitrogens is 6. The Bertz CT molecular complexity index is 773. The van der Waals surface area contributed by atoms with Crippen molar-refractivity contribution in [3.05, 3.63) is 23.5 Å². The van der Waals surface area contributed by atoms with Gasteiger partial charge in [0.05, 0.1) is 12.2 Å². The summed E-state index contributed by atoms with van der Waals surface area (Å²) < 4.78 is 19.0. The van der Waals surface area contributed by atoms with Gasteiger partial charge in [-0.05, 0) is 32.7 Å². The van der Waals surface area contributed by atoms with Gasteiger partial charge in [0.1, 0.15) is 18.1 Å². The van der Waals surface area contributed by atoms with E-state index in [-0.39, 0.29) is 12.6 Å². The van der Waals surface area contributed by atoms with Crippen LogP contribution in [0.2, 0.25) is 0 Å². The Balaban J connectivity index is 1.40. The zero-order valence-corrected chi connectivity index (χ0v) is 16.1. The van der Waals surface area contributed by atoms with Gasteiger partial charge >= 0.3 is 0 Å². The first-order chi connectivity index (χ1) is 13.0. The maximum Gasteiger partial charge on any atom is 0.158 e. The van der Waals surface area contributed by atoms with E-state index in [1.165, 1.54) is 0 Å². The molecule has 2 aromatic heterocycles. The average molecular weight is 377 g/mol. The van der Waals surface area contributed by atoms with Gasteiger partial charge in [0.25, 0.3) is 0 Å². The molecule has 0 aromatic carbocycles. The summed E-state index contributed by atoms with van der Waals surface area (Å²) in [7, 11) is 3.93. The number of hydrogen-bond donors (Lipinski definition) is 1. The van der Waals surface area contributed by atoms with Crippen LogP contribution in [0.1, 0.15) is 67.8 Å². The Kier molecular flexibility index (Phi) is 4.98. The smallest absolute Gasteiger partial charge is 0.158 e. The normalized spacial score (nSPS) is 26.4. The lowest BCUT2D eigenvalue weighted by atomic mass is 9.85. The van der Waals surface area contributed by atoms with E-state index < -0.39 is 5.67 Å². The summed E-state index contributed by atoms with van der Waals surface area (Å²) in [5, 5.41) is 26.0. The number of rotatable bonds is 4. The highest BCUT2D eigenvalue weighted by Crippen LogP contribution is 2.39. The van der Waals surface area contributed by atoms with E-state index in [9.17, 15) is 5.11 Å². The molecule has 0 unspecified atom stereocenters. The van der Waals surface area contributed by atoms with Crippen molar-refractivity contribution < 1.29 is 9.50 Å². The van der Waals surface area contributed by atoms with Gasteiger partial charge in [0, 0.05) is 38.9 Å². The van der Waals surface area contributed by atoms with Gasteiger partial charge in [0.2, 0.25) is 0 Å². The molecule has 0 bridgehead atoms. The third-order valence-electron chi connectivity index (χ3n) is 6.33. The second-order valence-corrected chi connectivity index (χ2v) is 8.05. The fourth-order valence-electron chi connectivity index (χ4n) is 4.36. The molecule has 0 spiro atoms. The lowest BCUT2D eigenvalue weighted by molar-refractivity contribution is 0.0632. The van der Waals surface area contributed by atoms with Gasteiger partial charge in [-0.3, -0.25) is 0 Å². The number of aliphatic hydroxyl groups is 1. The van der Waals surface area contributed by atoms with Crippen LogP contribution in [0.3, 0.4) is 0 Å². The number of aliphatic hydroxyl groups excluding tert-OH is 1. The van der Waals surface area contributed by atoms with Crippen LogP contribution in [0.15, 0.2) is 6.20 Å². The zero-order valence-electron chi connectivity index (χ0n) is 16.1. The molecule has 1 aliphatic heterocycles. The fourth-order valence-corrected chi connectivity index (χ4v) is 4.36. The van der Waals surface area contributed by atoms with E-state index in [0.29, 0.717) is 30.3 Å². The largest absolute Gasteiger partial charge is 0.388 e. The Morgan fingerprint density at radius 3 is 2.44 bits per heavy atom. The minimum absolute atomic E-state index is 0.0959. The Morgan fingerprint density at radius 1 is 1.11 bits per heavy atom. The quantitative estimate of drug-likeness (QED) is 0.873. The van der Waals surface area contributed by atoms with Gasteiger partial charge in [-0.2, -0.15) is 0 Å². The molecule has 1 N–H and O–H groups in total. The summed E-state index contributed by atoms with van der Waals surface area (Å²) in [6, 6.07) is 0.253. The predicted octanol–water partition coefficient (Wildman–Crippen LogP) is 1.69. The average Bonchev–Trinajstić information content (AvgIpc) is 3.32. The molecule has 2 fully saturated rings. The van der Waals surface area contributed by atoms with Gasteiger partial charge in [0.15, 0.2) is 11.5 Å². The van der Waals surface area contributed by atoms with Gasteiger partial charge in [-0.15, -0.1) is 15.3 Å². The number of halogens is 1. The lowest BCUT2D eigenvalue weighted by Gasteiger charge is -2.33. The van der Waals surface area contributed by atoms with Crippen molar-refractivity contribution in [3.63, 3.8) is 0 Å². The maximum atomic E-state index is 15.2. The Labute approximate surface area is 158 Å². The lowest BCUT2D eigenvalue weighted by Crippen LogP contribution is -2.38. The van der Waals surface area contributed by atoms with Crippen LogP contribution in [-0.2, 0) is 19.3 Å². The summed E-state index contributed by atoms with van der Waals surface area (Å²) in [4.78, 5) is 2.15. The maximum absolute atomic E-state index is 15.2. The van der Waals surface area contributed by atoms with Crippen LogP contribution < -0.4 is 0 Å². The number of likely N-dealkylation sites (tertiary alicyclic amines) is 1. The van der Waals surface area contributed by atoms with Gasteiger partial charge in [-0.1, -0.05) is 5.21 Å². The highest BCUT2D eigenvalue weighted by Gasteiger charge is 2.38. The molecular formula is C18H28FN7O. The van der Waals surface area contributed by atoms with Crippen molar-refractivity contribution in [1.82, 2.24) is 34.7 Å². The van der Waals surface area contributed by atoms with Crippen LogP contribution in [0.4, 0.5) is 4.39 Å². The van der Waals surface area contributed by atoms with E-state index >= 15 is 4.39 Å². The van der Waals surface area contributed by atoms with Crippen molar-refractivity contribution in [3.8, 4) is 0 Å². The minimum atomic E-state index is -1.35. The van der Waals surface area contributed by atoms with Crippen LogP contribution in [0.25, 0.3) is 0 Å². The van der Waals surface area contributed by atoms with Gasteiger partial charge in [-0.25, -0.2) is 9.07 Å². The highest BCUT2D eigenvalue weighted by molar-refractivity contribution is 5.10. The summed E-state index contributed by atoms with van der Waals surface area (Å²) in [6.45, 7) is 1.41. The summed E-state index contributed by atoms with van der Waals surface area (Å²) >= 11 is 0. The first-order valence-electron chi connectivity index (χ1n) is 9.79. The van der Waals surface area contributed by atoms with E-state index in [1.807, 2.05) is 29.5 Å². The van der Waals surface area contributed by atoms with Crippen LogP contribution in [-0.4, -0.2) is 59.9 Å². The van der Waals surface area contributed by atoms with Gasteiger partial charge < -0.3 is 14.6 Å². The minimum Gasteiger partial charge on any atom is -0.388 e. The molecular weight excluding hydrogens is 349 g/mol. The molecule has 2 aliphatic rings. The van der Waals surface area contributed by atoms with Crippen LogP contribution in [0, 0.1) is 0 Å². The Morgan fingerprint density at radius 2 is 1.81 bits per heavy atom. The predicted molar refractivity (Wildman–Crippen MR) is 96.7 cm³/mol. The number of nitrogens with zero attached hydrogens (tertiary/aromatic N) is 7. The third kappa shape index (κ3) is 3.50. The molecule has 0 radical (unpaired) electrons. The molecule has 1 aliphatic carbocycles. The zero-order chi connectivity index (χ0) is 19.0. The standard InChI is InChI=1S/C18H28FN7O/c1-24-9-7-18(19,8-10-24)15-11-26(23-20-15)14-5-3-13(4-6-14)17-22-21-16(12-27)25(17)2/h11,13-14,27H,3-10,12H2,1-2H3. The molecule has 0 atom stereocenters. The SMILES string of the molecule is CN1CCC(F)(c2cn(C3CCC(c4nnc(CO)n4C)CC3)nn2)CC1. The van der Waals surface area contributed by atoms with E-state index in [1.54, 1.807) is 0 Å². The molecule has 8 nitrogen and oxygen atoms in total. The first-order valence-corrected chi connectivity index (χ1v) is 9.79. The summed E-state index contributed by atoms with van der Waals surface area (Å²) in [5.41, 5.74) is -0.861. The summed E-state index contributed by atoms with van der Waals surface area (Å²) in [6.07, 6.45) is 6.64. The third-order valence-corrected chi connectivity index (χ3v) is 6.33. The van der Waals surface area contributed by atoms with E-state index in [2.05, 4.69) is 25.4 Å². The molecule has 27 heavy (non-hydrogen) atoms. The molecule has 2 aromatic rings. The van der Waals surface area contributed by atoms with E-state index in [4.69, 9.17) is 0 Å². The molecule has 4 rings (SSSR count). The van der Waals surface area contributed by atoms with Crippen molar-refractivity contribution in [1.29, 1.82) is 0 Å². The number of alkyl halides is 1. The van der Waals surface area contributed by atoms with Crippen molar-refractivity contribution in [2.24, 2.45) is 7.05 Å². The fraction of sp³-hybridized carbons (Fsp3) is 0.778. The number of hydrogen-bond acceptors (Lipinski definition) is 6. The highest BCUT2D eigenvalue weighted by atomic mass is 19.1. The molecule has 3 heterocycles. The second-order valence-electron chi connectivity index (χ2n) is 8.05. The molecule has 1 saturated carbocycles. The number of piperidine rings is 1. The van der Waals surface area contributed by atoms with Crippen molar-refractivity contribution >= 4 is 0 Å². The van der Waals surface area contributed by atoms with Crippen molar-refractivity contribution in [2.45, 2.75) is 62.8 Å². The Hall–Kier alpha value is -1.87. The molecule has 1 saturated heterocycles. The molecule has 9 heteroatoms. The van der Waals surface area contributed by atoms with E-state index in [0.717, 1.165) is 44.6 Å². The summed E-state index contributed by atoms with van der Waals surface area (Å²) in [5.74, 6) is 1.87. The molecule has 0 amide bonds. The van der Waals surface area contributed by atoms with Crippen molar-refractivity contribution in [2.75, 3.05) is 20.1 Å². The van der Waals surface area contributed by atoms with Crippen LogP contribution in [0.5, 0.6) is 0 Å². The van der Waals surface area contributed by atoms with Crippen LogP contribution >= 0.6 is 0 Å². The second kappa shape index (κ2) is 7.27. The monoisotopic (exact) mass is 377 g/mol. The molecule has 148 valence electrons. The first kappa shape index (κ1) is 18.5. The topological polar surface area (TPSA) is 84.9 Å².